The lowest BCUT2D eigenvalue weighted by Gasteiger charge is -2.28. The Morgan fingerprint density at radius 3 is 2.50 bits per heavy atom. The SMILES string of the molecule is CCOC(=O)c1ccc(NC(=O)CN2CCC(O)CC2)cc1. The van der Waals surface area contributed by atoms with Crippen LogP contribution >= 0.6 is 0 Å². The molecule has 6 heteroatoms. The highest BCUT2D eigenvalue weighted by Crippen LogP contribution is 2.12. The summed E-state index contributed by atoms with van der Waals surface area (Å²) in [5, 5.41) is 12.2. The lowest BCUT2D eigenvalue weighted by Crippen LogP contribution is -2.40. The second-order valence-electron chi connectivity index (χ2n) is 5.35. The number of benzene rings is 1. The average molecular weight is 306 g/mol. The highest BCUT2D eigenvalue weighted by atomic mass is 16.5. The van der Waals surface area contributed by atoms with Crippen LogP contribution in [0, 0.1) is 0 Å². The Kier molecular flexibility index (Phi) is 5.91. The standard InChI is InChI=1S/C16H22N2O4/c1-2-22-16(21)12-3-5-13(6-4-12)17-15(20)11-18-9-7-14(19)8-10-18/h3-6,14,19H,2,7-11H2,1H3,(H,17,20). The molecule has 6 nitrogen and oxygen atoms in total. The third-order valence-corrected chi connectivity index (χ3v) is 3.60. The molecule has 0 unspecified atom stereocenters. The molecule has 1 fully saturated rings. The Hall–Kier alpha value is -1.92. The number of rotatable bonds is 5. The fourth-order valence-corrected chi connectivity index (χ4v) is 2.39. The Balaban J connectivity index is 1.82. The molecule has 1 aliphatic rings. The maximum atomic E-state index is 12.0. The van der Waals surface area contributed by atoms with E-state index in [-0.39, 0.29) is 18.0 Å². The predicted molar refractivity (Wildman–Crippen MR) is 82.7 cm³/mol. The Morgan fingerprint density at radius 1 is 1.27 bits per heavy atom. The molecule has 0 radical (unpaired) electrons. The first-order valence-corrected chi connectivity index (χ1v) is 7.56. The van der Waals surface area contributed by atoms with Crippen LogP contribution in [0.1, 0.15) is 30.1 Å². The molecule has 0 spiro atoms. The van der Waals surface area contributed by atoms with E-state index in [1.54, 1.807) is 31.2 Å². The van der Waals surface area contributed by atoms with E-state index < -0.39 is 0 Å². The normalized spacial score (nSPS) is 16.3. The third-order valence-electron chi connectivity index (χ3n) is 3.60. The van der Waals surface area contributed by atoms with E-state index in [2.05, 4.69) is 5.32 Å². The molecule has 2 N–H and O–H groups in total. The predicted octanol–water partition coefficient (Wildman–Crippen LogP) is 1.26. The number of hydrogen-bond acceptors (Lipinski definition) is 5. The van der Waals surface area contributed by atoms with Gasteiger partial charge in [-0.2, -0.15) is 0 Å². The number of nitrogens with one attached hydrogen (secondary N) is 1. The maximum absolute atomic E-state index is 12.0. The van der Waals surface area contributed by atoms with Gasteiger partial charge < -0.3 is 15.2 Å². The van der Waals surface area contributed by atoms with Crippen LogP contribution in [0.3, 0.4) is 0 Å². The first-order valence-electron chi connectivity index (χ1n) is 7.56. The van der Waals surface area contributed by atoms with Gasteiger partial charge in [-0.15, -0.1) is 0 Å². The quantitative estimate of drug-likeness (QED) is 0.801. The van der Waals surface area contributed by atoms with E-state index in [1.807, 2.05) is 4.90 Å². The molecule has 1 saturated heterocycles. The molecule has 1 aromatic rings. The Morgan fingerprint density at radius 2 is 1.91 bits per heavy atom. The second kappa shape index (κ2) is 7.91. The molecule has 1 aromatic carbocycles. The van der Waals surface area contributed by atoms with Crippen molar-refractivity contribution in [3.63, 3.8) is 0 Å². The van der Waals surface area contributed by atoms with Crippen molar-refractivity contribution in [3.8, 4) is 0 Å². The van der Waals surface area contributed by atoms with Crippen LogP contribution in [0.4, 0.5) is 5.69 Å². The molecule has 0 bridgehead atoms. The minimum atomic E-state index is -0.368. The van der Waals surface area contributed by atoms with E-state index >= 15 is 0 Å². The molecular formula is C16H22N2O4. The van der Waals surface area contributed by atoms with Gasteiger partial charge in [0, 0.05) is 18.8 Å². The van der Waals surface area contributed by atoms with Crippen molar-refractivity contribution in [2.45, 2.75) is 25.9 Å². The van der Waals surface area contributed by atoms with E-state index in [0.29, 0.717) is 37.2 Å². The van der Waals surface area contributed by atoms with E-state index in [4.69, 9.17) is 4.74 Å². The first kappa shape index (κ1) is 16.5. The number of likely N-dealkylation sites (tertiary alicyclic amines) is 1. The third kappa shape index (κ3) is 4.82. The number of anilines is 1. The van der Waals surface area contributed by atoms with Crippen molar-refractivity contribution in [2.75, 3.05) is 31.6 Å². The number of carbonyl (C=O) groups is 2. The number of hydrogen-bond donors (Lipinski definition) is 2. The molecule has 0 aliphatic carbocycles. The topological polar surface area (TPSA) is 78.9 Å². The number of amides is 1. The summed E-state index contributed by atoms with van der Waals surface area (Å²) in [7, 11) is 0. The van der Waals surface area contributed by atoms with Crippen LogP contribution in [0.25, 0.3) is 0 Å². The molecule has 1 aliphatic heterocycles. The first-order chi connectivity index (χ1) is 10.6. The highest BCUT2D eigenvalue weighted by Gasteiger charge is 2.19. The summed E-state index contributed by atoms with van der Waals surface area (Å²) in [5.74, 6) is -0.465. The van der Waals surface area contributed by atoms with Gasteiger partial charge in [0.1, 0.15) is 0 Å². The van der Waals surface area contributed by atoms with Gasteiger partial charge in [0.15, 0.2) is 0 Å². The zero-order valence-corrected chi connectivity index (χ0v) is 12.7. The van der Waals surface area contributed by atoms with E-state index in [9.17, 15) is 14.7 Å². The van der Waals surface area contributed by atoms with Crippen molar-refractivity contribution in [3.05, 3.63) is 29.8 Å². The number of aliphatic hydroxyl groups is 1. The number of piperidine rings is 1. The van der Waals surface area contributed by atoms with Crippen LogP contribution in [0.5, 0.6) is 0 Å². The van der Waals surface area contributed by atoms with Gasteiger partial charge in [0.05, 0.1) is 24.8 Å². The number of aliphatic hydroxyl groups excluding tert-OH is 1. The lowest BCUT2D eigenvalue weighted by atomic mass is 10.1. The van der Waals surface area contributed by atoms with Crippen molar-refractivity contribution in [1.29, 1.82) is 0 Å². The van der Waals surface area contributed by atoms with Crippen LogP contribution in [0.2, 0.25) is 0 Å². The van der Waals surface area contributed by atoms with Gasteiger partial charge in [-0.3, -0.25) is 9.69 Å². The van der Waals surface area contributed by atoms with Gasteiger partial charge in [0.2, 0.25) is 5.91 Å². The summed E-state index contributed by atoms with van der Waals surface area (Å²) in [4.78, 5) is 25.5. The number of ether oxygens (including phenoxy) is 1. The van der Waals surface area contributed by atoms with Crippen LogP contribution in [-0.4, -0.2) is 54.2 Å². The summed E-state index contributed by atoms with van der Waals surface area (Å²) < 4.78 is 4.90. The van der Waals surface area contributed by atoms with Crippen LogP contribution in [-0.2, 0) is 9.53 Å². The summed E-state index contributed by atoms with van der Waals surface area (Å²) >= 11 is 0. The number of carbonyl (C=O) groups excluding carboxylic acids is 2. The Bertz CT molecular complexity index is 507. The smallest absolute Gasteiger partial charge is 0.338 e. The van der Waals surface area contributed by atoms with Crippen molar-refractivity contribution >= 4 is 17.6 Å². The zero-order valence-electron chi connectivity index (χ0n) is 12.7. The Labute approximate surface area is 130 Å². The fourth-order valence-electron chi connectivity index (χ4n) is 2.39. The highest BCUT2D eigenvalue weighted by molar-refractivity contribution is 5.94. The zero-order chi connectivity index (χ0) is 15.9. The van der Waals surface area contributed by atoms with Gasteiger partial charge in [-0.05, 0) is 44.0 Å². The van der Waals surface area contributed by atoms with Crippen molar-refractivity contribution in [2.24, 2.45) is 0 Å². The molecular weight excluding hydrogens is 284 g/mol. The van der Waals surface area contributed by atoms with Gasteiger partial charge in [-0.25, -0.2) is 4.79 Å². The summed E-state index contributed by atoms with van der Waals surface area (Å²) in [6.07, 6.45) is 1.18. The molecule has 0 aromatic heterocycles. The van der Waals surface area contributed by atoms with Crippen molar-refractivity contribution in [1.82, 2.24) is 4.90 Å². The molecule has 1 amide bonds. The molecule has 1 heterocycles. The average Bonchev–Trinajstić information content (AvgIpc) is 2.50. The minimum Gasteiger partial charge on any atom is -0.462 e. The van der Waals surface area contributed by atoms with E-state index in [0.717, 1.165) is 13.1 Å². The number of esters is 1. The fraction of sp³-hybridized carbons (Fsp3) is 0.500. The monoisotopic (exact) mass is 306 g/mol. The molecule has 0 atom stereocenters. The molecule has 0 saturated carbocycles. The molecule has 22 heavy (non-hydrogen) atoms. The summed E-state index contributed by atoms with van der Waals surface area (Å²) in [5.41, 5.74) is 1.11. The van der Waals surface area contributed by atoms with Crippen LogP contribution in [0.15, 0.2) is 24.3 Å². The van der Waals surface area contributed by atoms with Crippen molar-refractivity contribution < 1.29 is 19.4 Å². The lowest BCUT2D eigenvalue weighted by molar-refractivity contribution is -0.117. The van der Waals surface area contributed by atoms with Crippen LogP contribution < -0.4 is 5.32 Å². The van der Waals surface area contributed by atoms with Gasteiger partial charge >= 0.3 is 5.97 Å². The summed E-state index contributed by atoms with van der Waals surface area (Å²) in [6.45, 7) is 3.87. The van der Waals surface area contributed by atoms with Gasteiger partial charge in [0.25, 0.3) is 0 Å². The minimum absolute atomic E-state index is 0.0970. The largest absolute Gasteiger partial charge is 0.462 e. The molecule has 2 rings (SSSR count). The second-order valence-corrected chi connectivity index (χ2v) is 5.35. The maximum Gasteiger partial charge on any atom is 0.338 e. The van der Waals surface area contributed by atoms with E-state index in [1.165, 1.54) is 0 Å². The number of nitrogens with zero attached hydrogens (tertiary/aromatic N) is 1. The van der Waals surface area contributed by atoms with Gasteiger partial charge in [-0.1, -0.05) is 0 Å². The summed E-state index contributed by atoms with van der Waals surface area (Å²) in [6, 6.07) is 6.63. The molecule has 120 valence electrons.